The van der Waals surface area contributed by atoms with Gasteiger partial charge in [-0.25, -0.2) is 9.78 Å². The van der Waals surface area contributed by atoms with Crippen molar-refractivity contribution >= 4 is 34.5 Å². The summed E-state index contributed by atoms with van der Waals surface area (Å²) in [4.78, 5) is 16.3. The summed E-state index contributed by atoms with van der Waals surface area (Å²) in [6.45, 7) is 2.63. The van der Waals surface area contributed by atoms with Crippen LogP contribution in [0, 0.1) is 6.92 Å². The molecular weight excluding hydrogens is 310 g/mol. The molecule has 2 aromatic rings. The molecule has 0 bridgehead atoms. The number of anilines is 1. The molecule has 2 aromatic heterocycles. The molecule has 0 unspecified atom stereocenters. The van der Waals surface area contributed by atoms with Crippen LogP contribution in [0.5, 0.6) is 0 Å². The van der Waals surface area contributed by atoms with Crippen molar-refractivity contribution in [2.45, 2.75) is 37.9 Å². The summed E-state index contributed by atoms with van der Waals surface area (Å²) < 4.78 is 1.74. The number of carbonyl (C=O) groups is 1. The van der Waals surface area contributed by atoms with E-state index in [-0.39, 0.29) is 6.03 Å². The van der Waals surface area contributed by atoms with Crippen molar-refractivity contribution in [3.05, 3.63) is 18.0 Å². The normalized spacial score (nSPS) is 15.2. The van der Waals surface area contributed by atoms with Gasteiger partial charge in [0.25, 0.3) is 0 Å². The Morgan fingerprint density at radius 3 is 3.00 bits per heavy atom. The number of amides is 2. The molecule has 23 heavy (non-hydrogen) atoms. The topological polar surface area (TPSA) is 71.8 Å². The molecular formula is C16H23N5OS. The van der Waals surface area contributed by atoms with Crippen LogP contribution in [-0.4, -0.2) is 38.3 Å². The van der Waals surface area contributed by atoms with Gasteiger partial charge in [-0.15, -0.1) is 0 Å². The Hall–Kier alpha value is -1.76. The lowest BCUT2D eigenvalue weighted by Crippen LogP contribution is -2.30. The molecule has 0 aliphatic heterocycles. The zero-order chi connectivity index (χ0) is 16.2. The second-order valence-electron chi connectivity index (χ2n) is 5.96. The standard InChI is InChI=1S/C16H23N5OS/c1-11-14-9-12(10-18-15(14)21(2)20-11)19-16(22)17-7-8-23-13-5-3-4-6-13/h9-10,13H,3-8H2,1-2H3,(H2,17,19,22). The zero-order valence-corrected chi connectivity index (χ0v) is 14.4. The van der Waals surface area contributed by atoms with E-state index in [1.165, 1.54) is 25.7 Å². The summed E-state index contributed by atoms with van der Waals surface area (Å²) in [5.41, 5.74) is 2.42. The fourth-order valence-electron chi connectivity index (χ4n) is 3.00. The molecule has 1 aliphatic rings. The number of hydrogen-bond acceptors (Lipinski definition) is 4. The average Bonchev–Trinajstić information content (AvgIpc) is 3.13. The zero-order valence-electron chi connectivity index (χ0n) is 13.6. The molecule has 2 heterocycles. The Kier molecular flexibility index (Phi) is 5.05. The summed E-state index contributed by atoms with van der Waals surface area (Å²) in [6.07, 6.45) is 7.03. The van der Waals surface area contributed by atoms with Crippen molar-refractivity contribution in [3.8, 4) is 0 Å². The number of urea groups is 1. The lowest BCUT2D eigenvalue weighted by molar-refractivity contribution is 0.252. The van der Waals surface area contributed by atoms with Crippen LogP contribution in [0.4, 0.5) is 10.5 Å². The molecule has 1 saturated carbocycles. The highest BCUT2D eigenvalue weighted by atomic mass is 32.2. The minimum absolute atomic E-state index is 0.181. The Morgan fingerprint density at radius 1 is 1.43 bits per heavy atom. The van der Waals surface area contributed by atoms with Crippen molar-refractivity contribution in [3.63, 3.8) is 0 Å². The number of carbonyl (C=O) groups excluding carboxylic acids is 1. The van der Waals surface area contributed by atoms with Crippen molar-refractivity contribution in [2.24, 2.45) is 7.05 Å². The van der Waals surface area contributed by atoms with Gasteiger partial charge in [-0.2, -0.15) is 16.9 Å². The molecule has 0 radical (unpaired) electrons. The van der Waals surface area contributed by atoms with Gasteiger partial charge in [0.05, 0.1) is 17.6 Å². The maximum absolute atomic E-state index is 12.0. The molecule has 124 valence electrons. The molecule has 3 rings (SSSR count). The monoisotopic (exact) mass is 333 g/mol. The number of nitrogens with zero attached hydrogens (tertiary/aromatic N) is 3. The molecule has 0 atom stereocenters. The SMILES string of the molecule is Cc1nn(C)c2ncc(NC(=O)NCCSC3CCCC3)cc12. The van der Waals surface area contributed by atoms with Gasteiger partial charge in [0, 0.05) is 30.0 Å². The molecule has 0 spiro atoms. The van der Waals surface area contributed by atoms with E-state index >= 15 is 0 Å². The third kappa shape index (κ3) is 3.96. The number of hydrogen-bond donors (Lipinski definition) is 2. The number of nitrogens with one attached hydrogen (secondary N) is 2. The van der Waals surface area contributed by atoms with E-state index in [9.17, 15) is 4.79 Å². The summed E-state index contributed by atoms with van der Waals surface area (Å²) in [6, 6.07) is 1.73. The molecule has 6 nitrogen and oxygen atoms in total. The van der Waals surface area contributed by atoms with Gasteiger partial charge in [-0.3, -0.25) is 4.68 Å². The third-order valence-electron chi connectivity index (χ3n) is 4.16. The maximum atomic E-state index is 12.0. The molecule has 1 aliphatic carbocycles. The Balaban J connectivity index is 1.48. The van der Waals surface area contributed by atoms with Crippen molar-refractivity contribution < 1.29 is 4.79 Å². The number of pyridine rings is 1. The van der Waals surface area contributed by atoms with Gasteiger partial charge < -0.3 is 10.6 Å². The smallest absolute Gasteiger partial charge is 0.319 e. The van der Waals surface area contributed by atoms with Gasteiger partial charge >= 0.3 is 6.03 Å². The van der Waals surface area contributed by atoms with E-state index in [0.717, 1.165) is 27.7 Å². The number of thioether (sulfide) groups is 1. The van der Waals surface area contributed by atoms with Crippen molar-refractivity contribution in [1.29, 1.82) is 0 Å². The third-order valence-corrected chi connectivity index (χ3v) is 5.55. The minimum atomic E-state index is -0.181. The largest absolute Gasteiger partial charge is 0.337 e. The van der Waals surface area contributed by atoms with Crippen LogP contribution in [0.25, 0.3) is 11.0 Å². The van der Waals surface area contributed by atoms with Crippen molar-refractivity contribution in [1.82, 2.24) is 20.1 Å². The van der Waals surface area contributed by atoms with Crippen LogP contribution >= 0.6 is 11.8 Å². The summed E-state index contributed by atoms with van der Waals surface area (Å²) >= 11 is 1.97. The van der Waals surface area contributed by atoms with Crippen LogP contribution in [0.2, 0.25) is 0 Å². The predicted octanol–water partition coefficient (Wildman–Crippen LogP) is 3.07. The molecule has 7 heteroatoms. The molecule has 0 saturated heterocycles. The van der Waals surface area contributed by atoms with Gasteiger partial charge in [0.1, 0.15) is 0 Å². The number of rotatable bonds is 5. The molecule has 2 amide bonds. The van der Waals surface area contributed by atoms with E-state index in [1.54, 1.807) is 10.9 Å². The minimum Gasteiger partial charge on any atom is -0.337 e. The summed E-state index contributed by atoms with van der Waals surface area (Å²) in [7, 11) is 1.87. The molecule has 0 aromatic carbocycles. The van der Waals surface area contributed by atoms with Gasteiger partial charge in [0.2, 0.25) is 0 Å². The Labute approximate surface area is 140 Å². The van der Waals surface area contributed by atoms with Gasteiger partial charge in [0.15, 0.2) is 5.65 Å². The fraction of sp³-hybridized carbons (Fsp3) is 0.562. The van der Waals surface area contributed by atoms with E-state index < -0.39 is 0 Å². The van der Waals surface area contributed by atoms with Gasteiger partial charge in [-0.05, 0) is 25.8 Å². The second kappa shape index (κ2) is 7.21. The first-order valence-electron chi connectivity index (χ1n) is 8.09. The lowest BCUT2D eigenvalue weighted by atomic mass is 10.2. The highest BCUT2D eigenvalue weighted by Crippen LogP contribution is 2.28. The first-order chi connectivity index (χ1) is 11.1. The van der Waals surface area contributed by atoms with E-state index in [2.05, 4.69) is 20.7 Å². The fourth-order valence-corrected chi connectivity index (χ4v) is 4.22. The average molecular weight is 333 g/mol. The summed E-state index contributed by atoms with van der Waals surface area (Å²) in [5, 5.41) is 11.8. The molecule has 2 N–H and O–H groups in total. The van der Waals surface area contributed by atoms with Gasteiger partial charge in [-0.1, -0.05) is 12.8 Å². The van der Waals surface area contributed by atoms with E-state index in [4.69, 9.17) is 0 Å². The summed E-state index contributed by atoms with van der Waals surface area (Å²) in [5.74, 6) is 0.969. The van der Waals surface area contributed by atoms with Crippen LogP contribution in [0.3, 0.4) is 0 Å². The number of fused-ring (bicyclic) bond motifs is 1. The highest BCUT2D eigenvalue weighted by molar-refractivity contribution is 7.99. The number of aromatic nitrogens is 3. The second-order valence-corrected chi connectivity index (χ2v) is 7.37. The van der Waals surface area contributed by atoms with Crippen LogP contribution in [-0.2, 0) is 7.05 Å². The Morgan fingerprint density at radius 2 is 2.22 bits per heavy atom. The first-order valence-corrected chi connectivity index (χ1v) is 9.14. The predicted molar refractivity (Wildman–Crippen MR) is 95.0 cm³/mol. The van der Waals surface area contributed by atoms with Crippen LogP contribution in [0.15, 0.2) is 12.3 Å². The Bertz CT molecular complexity index is 693. The van der Waals surface area contributed by atoms with Crippen LogP contribution < -0.4 is 10.6 Å². The quantitative estimate of drug-likeness (QED) is 0.825. The maximum Gasteiger partial charge on any atom is 0.319 e. The first kappa shape index (κ1) is 16.1. The number of aryl methyl sites for hydroxylation is 2. The van der Waals surface area contributed by atoms with E-state index in [1.807, 2.05) is 31.8 Å². The lowest BCUT2D eigenvalue weighted by Gasteiger charge is -2.10. The highest BCUT2D eigenvalue weighted by Gasteiger charge is 2.14. The molecule has 1 fully saturated rings. The van der Waals surface area contributed by atoms with Crippen LogP contribution in [0.1, 0.15) is 31.4 Å². The van der Waals surface area contributed by atoms with E-state index in [0.29, 0.717) is 12.2 Å². The van der Waals surface area contributed by atoms with Crippen molar-refractivity contribution in [2.75, 3.05) is 17.6 Å².